The van der Waals surface area contributed by atoms with Crippen LogP contribution in [0.25, 0.3) is 17.5 Å². The summed E-state index contributed by atoms with van der Waals surface area (Å²) in [6.45, 7) is 2.82. The number of nitrogens with zero attached hydrogens (tertiary/aromatic N) is 3. The highest BCUT2D eigenvalue weighted by molar-refractivity contribution is 9.10. The molecule has 1 aromatic heterocycles. The highest BCUT2D eigenvalue weighted by atomic mass is 79.9. The minimum Gasteiger partial charge on any atom is -0.497 e. The van der Waals surface area contributed by atoms with E-state index in [0.29, 0.717) is 57.2 Å². The lowest BCUT2D eigenvalue weighted by Gasteiger charge is -2.13. The molecule has 0 saturated carbocycles. The largest absolute Gasteiger partial charge is 0.497 e. The maximum atomic E-state index is 12.3. The van der Waals surface area contributed by atoms with Gasteiger partial charge in [0.15, 0.2) is 22.5 Å². The normalized spacial score (nSPS) is 11.3. The van der Waals surface area contributed by atoms with Crippen LogP contribution in [-0.4, -0.2) is 47.2 Å². The molecule has 4 rings (SSSR count). The first kappa shape index (κ1) is 29.0. The van der Waals surface area contributed by atoms with Gasteiger partial charge in [0.25, 0.3) is 0 Å². The summed E-state index contributed by atoms with van der Waals surface area (Å²) in [5, 5.41) is 19.1. The molecule has 0 aliphatic rings. The summed E-state index contributed by atoms with van der Waals surface area (Å²) in [6, 6.07) is 18.7. The molecule has 1 heterocycles. The number of methoxy groups -OCH3 is 3. The number of carbonyl (C=O) groups is 1. The van der Waals surface area contributed by atoms with Gasteiger partial charge in [-0.1, -0.05) is 46.3 Å². The van der Waals surface area contributed by atoms with Crippen LogP contribution in [0.15, 0.2) is 75.2 Å². The molecular weight excluding hydrogens is 598 g/mol. The molecule has 0 unspecified atom stereocenters. The van der Waals surface area contributed by atoms with Crippen molar-refractivity contribution in [1.29, 1.82) is 0 Å². The smallest absolute Gasteiger partial charge is 0.342 e. The van der Waals surface area contributed by atoms with Crippen molar-refractivity contribution >= 4 is 39.7 Å². The topological polar surface area (TPSA) is 105 Å². The summed E-state index contributed by atoms with van der Waals surface area (Å²) in [6.07, 6.45) is 1.56. The molecule has 0 atom stereocenters. The van der Waals surface area contributed by atoms with E-state index in [1.807, 2.05) is 54.0 Å². The third kappa shape index (κ3) is 6.78. The number of hydrogen-bond acceptors (Lipinski definition) is 8. The number of aliphatic carboxylic acids is 1. The van der Waals surface area contributed by atoms with Crippen LogP contribution in [0.4, 0.5) is 0 Å². The van der Waals surface area contributed by atoms with Crippen LogP contribution in [0, 0.1) is 0 Å². The number of thioether (sulfide) groups is 1. The Balaban J connectivity index is 1.64. The minimum absolute atomic E-state index is 0.0533. The van der Waals surface area contributed by atoms with Crippen LogP contribution < -0.4 is 18.9 Å². The molecule has 11 heteroatoms. The molecule has 1 N–H and O–H groups in total. The highest BCUT2D eigenvalue weighted by Gasteiger charge is 2.20. The van der Waals surface area contributed by atoms with E-state index in [9.17, 15) is 9.90 Å². The fourth-order valence-corrected chi connectivity index (χ4v) is 5.16. The van der Waals surface area contributed by atoms with Gasteiger partial charge in [-0.25, -0.2) is 4.79 Å². The third-order valence-corrected chi connectivity index (χ3v) is 7.55. The number of aromatic nitrogens is 3. The van der Waals surface area contributed by atoms with Gasteiger partial charge in [-0.15, -0.1) is 10.2 Å². The van der Waals surface area contributed by atoms with Crippen molar-refractivity contribution in [3.8, 4) is 34.4 Å². The van der Waals surface area contributed by atoms with E-state index in [2.05, 4.69) is 26.1 Å². The van der Waals surface area contributed by atoms with Crippen molar-refractivity contribution in [2.24, 2.45) is 0 Å². The van der Waals surface area contributed by atoms with E-state index in [1.54, 1.807) is 38.5 Å². The fraction of sp³-hybridized carbons (Fsp3) is 0.207. The monoisotopic (exact) mass is 625 g/mol. The first-order valence-electron chi connectivity index (χ1n) is 12.2. The van der Waals surface area contributed by atoms with E-state index < -0.39 is 5.97 Å². The Morgan fingerprint density at radius 2 is 1.68 bits per heavy atom. The van der Waals surface area contributed by atoms with Crippen molar-refractivity contribution < 1.29 is 28.8 Å². The molecule has 0 aliphatic heterocycles. The SMILES string of the molecule is CCn1c(S/C(=C\c2cc(OC)c(OCc3ccccc3)cc2Br)C(=O)O)nnc1-c1cc(OC)cc(OC)c1. The maximum Gasteiger partial charge on any atom is 0.342 e. The van der Waals surface area contributed by atoms with Crippen LogP contribution in [0.2, 0.25) is 0 Å². The number of halogens is 1. The standard InChI is InChI=1S/C29H28BrN3O6S/c1-5-33-27(20-11-21(36-2)15-22(12-20)37-3)31-32-29(33)40-26(28(34)35)14-19-13-24(38-4)25(16-23(19)30)39-17-18-9-7-6-8-10-18/h6-16H,5,17H2,1-4H3,(H,34,35)/b26-14-. The van der Waals surface area contributed by atoms with Crippen LogP contribution in [-0.2, 0) is 17.9 Å². The average Bonchev–Trinajstić information content (AvgIpc) is 3.39. The van der Waals surface area contributed by atoms with Gasteiger partial charge in [0.2, 0.25) is 0 Å². The number of ether oxygens (including phenoxy) is 4. The summed E-state index contributed by atoms with van der Waals surface area (Å²) < 4.78 is 24.8. The van der Waals surface area contributed by atoms with E-state index in [-0.39, 0.29) is 4.91 Å². The van der Waals surface area contributed by atoms with Crippen molar-refractivity contribution in [2.75, 3.05) is 21.3 Å². The van der Waals surface area contributed by atoms with Crippen LogP contribution in [0.5, 0.6) is 23.0 Å². The molecule has 0 saturated heterocycles. The zero-order valence-corrected chi connectivity index (χ0v) is 24.8. The quantitative estimate of drug-likeness (QED) is 0.138. The van der Waals surface area contributed by atoms with Crippen molar-refractivity contribution in [2.45, 2.75) is 25.2 Å². The zero-order chi connectivity index (χ0) is 28.6. The number of hydrogen-bond donors (Lipinski definition) is 1. The van der Waals surface area contributed by atoms with Gasteiger partial charge in [-0.2, -0.15) is 0 Å². The van der Waals surface area contributed by atoms with Crippen molar-refractivity contribution in [3.05, 3.63) is 81.2 Å². The summed E-state index contributed by atoms with van der Waals surface area (Å²) in [4.78, 5) is 12.3. The number of carboxylic acid groups (broad SMARTS) is 1. The van der Waals surface area contributed by atoms with Crippen LogP contribution in [0.1, 0.15) is 18.1 Å². The summed E-state index contributed by atoms with van der Waals surface area (Å²) in [7, 11) is 4.69. The van der Waals surface area contributed by atoms with Crippen LogP contribution >= 0.6 is 27.7 Å². The highest BCUT2D eigenvalue weighted by Crippen LogP contribution is 2.38. The third-order valence-electron chi connectivity index (χ3n) is 5.86. The lowest BCUT2D eigenvalue weighted by atomic mass is 10.2. The second kappa shape index (κ2) is 13.4. The molecule has 0 aliphatic carbocycles. The Morgan fingerprint density at radius 3 is 2.27 bits per heavy atom. The summed E-state index contributed by atoms with van der Waals surface area (Å²) in [5.41, 5.74) is 2.35. The van der Waals surface area contributed by atoms with Crippen molar-refractivity contribution in [3.63, 3.8) is 0 Å². The van der Waals surface area contributed by atoms with E-state index >= 15 is 0 Å². The average molecular weight is 627 g/mol. The lowest BCUT2D eigenvalue weighted by molar-refractivity contribution is -0.131. The Bertz CT molecular complexity index is 1500. The molecule has 0 amide bonds. The van der Waals surface area contributed by atoms with Gasteiger partial charge in [0.1, 0.15) is 23.0 Å². The zero-order valence-electron chi connectivity index (χ0n) is 22.4. The second-order valence-corrected chi connectivity index (χ2v) is 10.2. The molecule has 4 aromatic rings. The molecular formula is C29H28BrN3O6S. The Hall–Kier alpha value is -3.96. The fourth-order valence-electron chi connectivity index (χ4n) is 3.84. The predicted molar refractivity (Wildman–Crippen MR) is 157 cm³/mol. The molecule has 9 nitrogen and oxygen atoms in total. The predicted octanol–water partition coefficient (Wildman–Crippen LogP) is 6.55. The van der Waals surface area contributed by atoms with E-state index in [1.165, 1.54) is 7.11 Å². The van der Waals surface area contributed by atoms with Gasteiger partial charge in [-0.05, 0) is 60.2 Å². The van der Waals surface area contributed by atoms with Gasteiger partial charge in [0.05, 0.1) is 21.3 Å². The van der Waals surface area contributed by atoms with Crippen molar-refractivity contribution in [1.82, 2.24) is 14.8 Å². The Labute approximate surface area is 244 Å². The molecule has 3 aromatic carbocycles. The Kier molecular flexibility index (Phi) is 9.73. The van der Waals surface area contributed by atoms with Gasteiger partial charge in [0, 0.05) is 22.6 Å². The number of carboxylic acids is 1. The first-order chi connectivity index (χ1) is 19.4. The van der Waals surface area contributed by atoms with Gasteiger partial charge in [-0.3, -0.25) is 0 Å². The van der Waals surface area contributed by atoms with E-state index in [0.717, 1.165) is 22.9 Å². The summed E-state index contributed by atoms with van der Waals surface area (Å²) >= 11 is 4.56. The molecule has 0 fully saturated rings. The van der Waals surface area contributed by atoms with E-state index in [4.69, 9.17) is 18.9 Å². The first-order valence-corrected chi connectivity index (χ1v) is 13.8. The Morgan fingerprint density at radius 1 is 0.975 bits per heavy atom. The lowest BCUT2D eigenvalue weighted by Crippen LogP contribution is -2.03. The summed E-state index contributed by atoms with van der Waals surface area (Å²) in [5.74, 6) is 1.69. The molecule has 40 heavy (non-hydrogen) atoms. The van der Waals surface area contributed by atoms with Gasteiger partial charge < -0.3 is 28.6 Å². The molecule has 0 radical (unpaired) electrons. The molecule has 0 spiro atoms. The molecule has 208 valence electrons. The number of rotatable bonds is 12. The van der Waals surface area contributed by atoms with Crippen LogP contribution in [0.3, 0.4) is 0 Å². The molecule has 0 bridgehead atoms. The second-order valence-electron chi connectivity index (χ2n) is 8.37. The van der Waals surface area contributed by atoms with Gasteiger partial charge >= 0.3 is 5.97 Å². The maximum absolute atomic E-state index is 12.3. The number of benzene rings is 3. The minimum atomic E-state index is -1.10.